The van der Waals surface area contributed by atoms with Crippen molar-refractivity contribution in [2.45, 2.75) is 44.0 Å². The number of carbonyl (C=O) groups excluding carboxylic acids is 1. The van der Waals surface area contributed by atoms with Crippen molar-refractivity contribution in [2.24, 2.45) is 5.92 Å². The van der Waals surface area contributed by atoms with Crippen LogP contribution < -0.4 is 15.4 Å². The van der Waals surface area contributed by atoms with E-state index < -0.39 is 15.6 Å². The van der Waals surface area contributed by atoms with Crippen LogP contribution >= 0.6 is 0 Å². The Morgan fingerprint density at radius 1 is 1.23 bits per heavy atom. The third kappa shape index (κ3) is 4.99. The Hall–Kier alpha value is -1.60. The van der Waals surface area contributed by atoms with Gasteiger partial charge in [-0.25, -0.2) is 17.9 Å². The highest BCUT2D eigenvalue weighted by Crippen LogP contribution is 2.27. The number of carbonyl (C=O) groups is 1. The summed E-state index contributed by atoms with van der Waals surface area (Å²) in [5.74, 6) is 0.562. The van der Waals surface area contributed by atoms with E-state index >= 15 is 0 Å². The zero-order chi connectivity index (χ0) is 16.4. The van der Waals surface area contributed by atoms with Gasteiger partial charge in [0.25, 0.3) is 0 Å². The first-order valence-electron chi connectivity index (χ1n) is 7.35. The van der Waals surface area contributed by atoms with E-state index in [1.807, 2.05) is 0 Å². The number of nitrogens with one attached hydrogen (secondary N) is 3. The minimum atomic E-state index is -3.71. The number of rotatable bonds is 5. The van der Waals surface area contributed by atoms with Crippen LogP contribution in [0.5, 0.6) is 0 Å². The SMILES string of the molecule is CC(C)(C)NS(=O)(=O)c1ccccc1NC(=O)NCC1CC1. The maximum atomic E-state index is 12.4. The van der Waals surface area contributed by atoms with Crippen molar-refractivity contribution >= 4 is 21.7 Å². The molecular formula is C15H23N3O3S. The normalized spacial score (nSPS) is 15.4. The first-order chi connectivity index (χ1) is 10.2. The van der Waals surface area contributed by atoms with Gasteiger partial charge in [-0.2, -0.15) is 0 Å². The molecular weight excluding hydrogens is 302 g/mol. The van der Waals surface area contributed by atoms with Crippen molar-refractivity contribution in [2.75, 3.05) is 11.9 Å². The molecule has 6 nitrogen and oxygen atoms in total. The molecule has 0 saturated heterocycles. The minimum Gasteiger partial charge on any atom is -0.338 e. The molecule has 1 fully saturated rings. The summed E-state index contributed by atoms with van der Waals surface area (Å²) in [6.45, 7) is 5.93. The van der Waals surface area contributed by atoms with Gasteiger partial charge in [0.15, 0.2) is 0 Å². The van der Waals surface area contributed by atoms with E-state index in [2.05, 4.69) is 15.4 Å². The van der Waals surface area contributed by atoms with Gasteiger partial charge in [0.2, 0.25) is 10.0 Å². The van der Waals surface area contributed by atoms with Gasteiger partial charge in [-0.1, -0.05) is 12.1 Å². The smallest absolute Gasteiger partial charge is 0.319 e. The van der Waals surface area contributed by atoms with Crippen LogP contribution in [0, 0.1) is 5.92 Å². The van der Waals surface area contributed by atoms with Crippen LogP contribution in [-0.4, -0.2) is 26.5 Å². The number of sulfonamides is 1. The van der Waals surface area contributed by atoms with Gasteiger partial charge >= 0.3 is 6.03 Å². The van der Waals surface area contributed by atoms with Crippen LogP contribution in [0.2, 0.25) is 0 Å². The molecule has 122 valence electrons. The molecule has 0 bridgehead atoms. The number of urea groups is 1. The predicted octanol–water partition coefficient (Wildman–Crippen LogP) is 2.29. The fourth-order valence-corrected chi connectivity index (χ4v) is 3.57. The standard InChI is InChI=1S/C15H23N3O3S/c1-15(2,3)18-22(20,21)13-7-5-4-6-12(13)17-14(19)16-10-11-8-9-11/h4-7,11,18H,8-10H2,1-3H3,(H2,16,17,19). The monoisotopic (exact) mass is 325 g/mol. The fraction of sp³-hybridized carbons (Fsp3) is 0.533. The third-order valence-corrected chi connectivity index (χ3v) is 4.93. The van der Waals surface area contributed by atoms with Crippen molar-refractivity contribution in [3.05, 3.63) is 24.3 Å². The largest absolute Gasteiger partial charge is 0.338 e. The Bertz CT molecular complexity index is 646. The highest BCUT2D eigenvalue weighted by Gasteiger charge is 2.25. The topological polar surface area (TPSA) is 87.3 Å². The molecule has 0 unspecified atom stereocenters. The van der Waals surface area contributed by atoms with Crippen molar-refractivity contribution in [1.82, 2.24) is 10.0 Å². The van der Waals surface area contributed by atoms with Crippen LogP contribution in [0.3, 0.4) is 0 Å². The number of anilines is 1. The van der Waals surface area contributed by atoms with Crippen molar-refractivity contribution in [3.63, 3.8) is 0 Å². The molecule has 1 aromatic rings. The molecule has 0 aliphatic heterocycles. The zero-order valence-corrected chi connectivity index (χ0v) is 14.0. The Balaban J connectivity index is 2.13. The van der Waals surface area contributed by atoms with E-state index in [4.69, 9.17) is 0 Å². The van der Waals surface area contributed by atoms with Crippen LogP contribution in [0.1, 0.15) is 33.6 Å². The average molecular weight is 325 g/mol. The average Bonchev–Trinajstić information content (AvgIpc) is 3.18. The van der Waals surface area contributed by atoms with Crippen molar-refractivity contribution < 1.29 is 13.2 Å². The summed E-state index contributed by atoms with van der Waals surface area (Å²) in [6.07, 6.45) is 2.28. The van der Waals surface area contributed by atoms with Gasteiger partial charge in [-0.15, -0.1) is 0 Å². The van der Waals surface area contributed by atoms with Gasteiger partial charge in [0.05, 0.1) is 5.69 Å². The summed E-state index contributed by atoms with van der Waals surface area (Å²) in [4.78, 5) is 11.9. The highest BCUT2D eigenvalue weighted by molar-refractivity contribution is 7.89. The summed E-state index contributed by atoms with van der Waals surface area (Å²) in [5, 5.41) is 5.37. The highest BCUT2D eigenvalue weighted by atomic mass is 32.2. The van der Waals surface area contributed by atoms with Gasteiger partial charge in [-0.05, 0) is 51.7 Å². The molecule has 22 heavy (non-hydrogen) atoms. The molecule has 2 amide bonds. The lowest BCUT2D eigenvalue weighted by atomic mass is 10.1. The van der Waals surface area contributed by atoms with Gasteiger partial charge in [0, 0.05) is 12.1 Å². The Morgan fingerprint density at radius 2 is 1.86 bits per heavy atom. The minimum absolute atomic E-state index is 0.0616. The second-order valence-electron chi connectivity index (χ2n) is 6.63. The first kappa shape index (κ1) is 16.8. The fourth-order valence-electron chi connectivity index (χ4n) is 1.99. The molecule has 2 rings (SSSR count). The predicted molar refractivity (Wildman–Crippen MR) is 86.3 cm³/mol. The molecule has 0 heterocycles. The van der Waals surface area contributed by atoms with Gasteiger partial charge < -0.3 is 10.6 Å². The lowest BCUT2D eigenvalue weighted by molar-refractivity contribution is 0.251. The second kappa shape index (κ2) is 6.26. The summed E-state index contributed by atoms with van der Waals surface area (Å²) in [6, 6.07) is 5.99. The molecule has 0 atom stereocenters. The number of hydrogen-bond acceptors (Lipinski definition) is 3. The molecule has 3 N–H and O–H groups in total. The molecule has 1 aliphatic carbocycles. The molecule has 0 radical (unpaired) electrons. The number of hydrogen-bond donors (Lipinski definition) is 3. The van der Waals surface area contributed by atoms with Crippen molar-refractivity contribution in [3.8, 4) is 0 Å². The van der Waals surface area contributed by atoms with Crippen LogP contribution in [0.15, 0.2) is 29.2 Å². The van der Waals surface area contributed by atoms with E-state index in [1.54, 1.807) is 39.0 Å². The summed E-state index contributed by atoms with van der Waals surface area (Å²) >= 11 is 0. The van der Waals surface area contributed by atoms with Crippen LogP contribution in [-0.2, 0) is 10.0 Å². The number of para-hydroxylation sites is 1. The third-order valence-electron chi connectivity index (χ3n) is 3.11. The van der Waals surface area contributed by atoms with E-state index in [0.717, 1.165) is 12.8 Å². The zero-order valence-electron chi connectivity index (χ0n) is 13.1. The lowest BCUT2D eigenvalue weighted by Gasteiger charge is -2.21. The number of benzene rings is 1. The van der Waals surface area contributed by atoms with Gasteiger partial charge in [-0.3, -0.25) is 0 Å². The maximum Gasteiger partial charge on any atom is 0.319 e. The van der Waals surface area contributed by atoms with Crippen LogP contribution in [0.4, 0.5) is 10.5 Å². The summed E-state index contributed by atoms with van der Waals surface area (Å²) < 4.78 is 27.5. The second-order valence-corrected chi connectivity index (χ2v) is 8.28. The Labute approximate surface area is 131 Å². The van der Waals surface area contributed by atoms with E-state index in [-0.39, 0.29) is 16.6 Å². The van der Waals surface area contributed by atoms with E-state index in [0.29, 0.717) is 12.5 Å². The Morgan fingerprint density at radius 3 is 2.45 bits per heavy atom. The summed E-state index contributed by atoms with van der Waals surface area (Å²) in [7, 11) is -3.71. The summed E-state index contributed by atoms with van der Waals surface area (Å²) in [5.41, 5.74) is -0.326. The maximum absolute atomic E-state index is 12.4. The van der Waals surface area contributed by atoms with Gasteiger partial charge in [0.1, 0.15) is 4.90 Å². The molecule has 1 aliphatic rings. The van der Waals surface area contributed by atoms with Crippen molar-refractivity contribution in [1.29, 1.82) is 0 Å². The Kier molecular flexibility index (Phi) is 4.77. The lowest BCUT2D eigenvalue weighted by Crippen LogP contribution is -2.41. The van der Waals surface area contributed by atoms with Crippen LogP contribution in [0.25, 0.3) is 0 Å². The van der Waals surface area contributed by atoms with E-state index in [9.17, 15) is 13.2 Å². The molecule has 1 saturated carbocycles. The molecule has 0 spiro atoms. The quantitative estimate of drug-likeness (QED) is 0.776. The first-order valence-corrected chi connectivity index (χ1v) is 8.83. The number of amides is 2. The molecule has 0 aromatic heterocycles. The van der Waals surface area contributed by atoms with E-state index in [1.165, 1.54) is 6.07 Å². The molecule has 1 aromatic carbocycles. The molecule has 7 heteroatoms.